The van der Waals surface area contributed by atoms with E-state index in [9.17, 15) is 9.59 Å². The number of ether oxygens (including phenoxy) is 2. The highest BCUT2D eigenvalue weighted by Gasteiger charge is 2.18. The minimum absolute atomic E-state index is 0.233. The standard InChI is InChI=1S/C21H13BrO5S/c22-14-8-6-13(7-9-14)19-16(10-11-17-20(19)28-21(24)27-17)26-18(23)12-25-15-4-2-1-3-5-15/h1-11H,12H2. The topological polar surface area (TPSA) is 65.7 Å². The van der Waals surface area contributed by atoms with Crippen LogP contribution in [0.2, 0.25) is 0 Å². The Labute approximate surface area is 172 Å². The highest BCUT2D eigenvalue weighted by molar-refractivity contribution is 9.10. The molecule has 0 N–H and O–H groups in total. The van der Waals surface area contributed by atoms with Crippen LogP contribution >= 0.6 is 27.3 Å². The van der Waals surface area contributed by atoms with Crippen LogP contribution < -0.4 is 14.4 Å². The monoisotopic (exact) mass is 456 g/mol. The lowest BCUT2D eigenvalue weighted by molar-refractivity contribution is -0.136. The molecule has 0 aliphatic rings. The van der Waals surface area contributed by atoms with Crippen molar-refractivity contribution in [2.75, 3.05) is 6.61 Å². The summed E-state index contributed by atoms with van der Waals surface area (Å²) in [7, 11) is 0. The number of benzene rings is 3. The Morgan fingerprint density at radius 3 is 2.50 bits per heavy atom. The van der Waals surface area contributed by atoms with Gasteiger partial charge < -0.3 is 13.9 Å². The lowest BCUT2D eigenvalue weighted by Gasteiger charge is -2.12. The first kappa shape index (κ1) is 18.5. The Hall–Kier alpha value is -2.90. The summed E-state index contributed by atoms with van der Waals surface area (Å²) in [5.74, 6) is 0.377. The van der Waals surface area contributed by atoms with E-state index in [1.807, 2.05) is 42.5 Å². The maximum Gasteiger partial charge on any atom is 0.396 e. The first-order chi connectivity index (χ1) is 13.6. The molecule has 0 amide bonds. The third-order valence-corrected chi connectivity index (χ3v) is 5.31. The predicted molar refractivity (Wildman–Crippen MR) is 111 cm³/mol. The number of para-hydroxylation sites is 1. The van der Waals surface area contributed by atoms with Crippen molar-refractivity contribution in [3.63, 3.8) is 0 Å². The number of esters is 1. The maximum absolute atomic E-state index is 12.3. The zero-order chi connectivity index (χ0) is 19.5. The fraction of sp³-hybridized carbons (Fsp3) is 0.0476. The quantitative estimate of drug-likeness (QED) is 0.302. The van der Waals surface area contributed by atoms with Crippen LogP contribution in [0.1, 0.15) is 0 Å². The zero-order valence-electron chi connectivity index (χ0n) is 14.4. The van der Waals surface area contributed by atoms with E-state index < -0.39 is 10.9 Å². The van der Waals surface area contributed by atoms with Crippen molar-refractivity contribution in [2.45, 2.75) is 0 Å². The number of rotatable bonds is 5. The number of halogens is 1. The molecule has 7 heteroatoms. The highest BCUT2D eigenvalue weighted by Crippen LogP contribution is 2.39. The normalized spacial score (nSPS) is 10.8. The summed E-state index contributed by atoms with van der Waals surface area (Å²) in [5, 5.41) is 0. The van der Waals surface area contributed by atoms with Crippen molar-refractivity contribution >= 4 is 43.5 Å². The highest BCUT2D eigenvalue weighted by atomic mass is 79.9. The number of carbonyl (C=O) groups excluding carboxylic acids is 1. The van der Waals surface area contributed by atoms with Crippen molar-refractivity contribution in [1.82, 2.24) is 0 Å². The molecule has 0 radical (unpaired) electrons. The number of hydrogen-bond acceptors (Lipinski definition) is 6. The van der Waals surface area contributed by atoms with Crippen LogP contribution in [0, 0.1) is 0 Å². The third-order valence-electron chi connectivity index (χ3n) is 3.92. The molecule has 1 aromatic heterocycles. The summed E-state index contributed by atoms with van der Waals surface area (Å²) in [4.78, 5) is 23.7. The second-order valence-corrected chi connectivity index (χ2v) is 7.66. The van der Waals surface area contributed by atoms with E-state index in [-0.39, 0.29) is 6.61 Å². The average Bonchev–Trinajstić information content (AvgIpc) is 3.08. The number of fused-ring (bicyclic) bond motifs is 1. The van der Waals surface area contributed by atoms with E-state index in [1.165, 1.54) is 0 Å². The summed E-state index contributed by atoms with van der Waals surface area (Å²) in [6.07, 6.45) is 0. The SMILES string of the molecule is O=C(COc1ccccc1)Oc1ccc2oc(=O)sc2c1-c1ccc(Br)cc1. The Kier molecular flexibility index (Phi) is 5.27. The summed E-state index contributed by atoms with van der Waals surface area (Å²) in [6.45, 7) is -0.233. The van der Waals surface area contributed by atoms with Gasteiger partial charge in [-0.3, -0.25) is 0 Å². The van der Waals surface area contributed by atoms with Crippen LogP contribution in [-0.4, -0.2) is 12.6 Å². The molecule has 0 atom stereocenters. The number of hydrogen-bond donors (Lipinski definition) is 0. The van der Waals surface area contributed by atoms with Gasteiger partial charge in [0.25, 0.3) is 0 Å². The lowest BCUT2D eigenvalue weighted by Crippen LogP contribution is -2.18. The van der Waals surface area contributed by atoms with Gasteiger partial charge in [0.1, 0.15) is 17.1 Å². The molecule has 0 aliphatic heterocycles. The van der Waals surface area contributed by atoms with Crippen molar-refractivity contribution in [2.24, 2.45) is 0 Å². The Morgan fingerprint density at radius 2 is 1.75 bits per heavy atom. The maximum atomic E-state index is 12.3. The first-order valence-corrected chi connectivity index (χ1v) is 9.92. The molecule has 0 fully saturated rings. The second kappa shape index (κ2) is 8.00. The van der Waals surface area contributed by atoms with E-state index in [1.54, 1.807) is 24.3 Å². The fourth-order valence-electron chi connectivity index (χ4n) is 2.71. The van der Waals surface area contributed by atoms with Crippen LogP contribution in [0.3, 0.4) is 0 Å². The molecule has 0 unspecified atom stereocenters. The Bertz CT molecular complexity index is 1180. The summed E-state index contributed by atoms with van der Waals surface area (Å²) in [5.41, 5.74) is 1.89. The van der Waals surface area contributed by atoms with Gasteiger partial charge in [0.2, 0.25) is 0 Å². The summed E-state index contributed by atoms with van der Waals surface area (Å²) >= 11 is 4.38. The van der Waals surface area contributed by atoms with E-state index >= 15 is 0 Å². The minimum Gasteiger partial charge on any atom is -0.482 e. The van der Waals surface area contributed by atoms with E-state index in [4.69, 9.17) is 13.9 Å². The van der Waals surface area contributed by atoms with Gasteiger partial charge in [-0.15, -0.1) is 0 Å². The van der Waals surface area contributed by atoms with Gasteiger partial charge in [0, 0.05) is 10.0 Å². The van der Waals surface area contributed by atoms with Crippen molar-refractivity contribution in [1.29, 1.82) is 0 Å². The van der Waals surface area contributed by atoms with Gasteiger partial charge in [0.05, 0.1) is 4.70 Å². The predicted octanol–water partition coefficient (Wildman–Crippen LogP) is 5.27. The fourth-order valence-corrected chi connectivity index (χ4v) is 3.80. The van der Waals surface area contributed by atoms with Gasteiger partial charge in [-0.05, 0) is 42.0 Å². The Balaban J connectivity index is 1.66. The van der Waals surface area contributed by atoms with Crippen molar-refractivity contribution in [3.05, 3.63) is 80.9 Å². The Morgan fingerprint density at radius 1 is 1.00 bits per heavy atom. The molecule has 0 saturated carbocycles. The van der Waals surface area contributed by atoms with Crippen LogP contribution in [0.25, 0.3) is 21.4 Å². The number of carbonyl (C=O) groups is 1. The first-order valence-electron chi connectivity index (χ1n) is 8.31. The van der Waals surface area contributed by atoms with Crippen LogP contribution in [0.4, 0.5) is 0 Å². The molecular formula is C21H13BrO5S. The molecule has 0 saturated heterocycles. The van der Waals surface area contributed by atoms with Crippen molar-refractivity contribution < 1.29 is 18.7 Å². The van der Waals surface area contributed by atoms with Crippen LogP contribution in [0.15, 0.2) is 80.4 Å². The molecule has 0 aliphatic carbocycles. The van der Waals surface area contributed by atoms with E-state index in [0.29, 0.717) is 27.3 Å². The molecule has 4 rings (SSSR count). The molecule has 28 heavy (non-hydrogen) atoms. The molecule has 0 spiro atoms. The van der Waals surface area contributed by atoms with Gasteiger partial charge >= 0.3 is 10.9 Å². The molecule has 1 heterocycles. The van der Waals surface area contributed by atoms with Gasteiger partial charge in [-0.25, -0.2) is 9.59 Å². The zero-order valence-corrected chi connectivity index (χ0v) is 16.8. The molecule has 4 aromatic rings. The molecular weight excluding hydrogens is 444 g/mol. The smallest absolute Gasteiger partial charge is 0.396 e. The third kappa shape index (κ3) is 4.00. The summed E-state index contributed by atoms with van der Waals surface area (Å²) < 4.78 is 17.8. The van der Waals surface area contributed by atoms with Crippen LogP contribution in [-0.2, 0) is 4.79 Å². The molecule has 5 nitrogen and oxygen atoms in total. The van der Waals surface area contributed by atoms with Gasteiger partial charge in [-0.2, -0.15) is 0 Å². The largest absolute Gasteiger partial charge is 0.482 e. The van der Waals surface area contributed by atoms with E-state index in [2.05, 4.69) is 15.9 Å². The average molecular weight is 457 g/mol. The van der Waals surface area contributed by atoms with Crippen molar-refractivity contribution in [3.8, 4) is 22.6 Å². The molecule has 3 aromatic carbocycles. The van der Waals surface area contributed by atoms with Crippen LogP contribution in [0.5, 0.6) is 11.5 Å². The van der Waals surface area contributed by atoms with Gasteiger partial charge in [-0.1, -0.05) is 57.6 Å². The van der Waals surface area contributed by atoms with E-state index in [0.717, 1.165) is 21.4 Å². The lowest BCUT2D eigenvalue weighted by atomic mass is 10.0. The molecule has 140 valence electrons. The second-order valence-electron chi connectivity index (χ2n) is 5.80. The minimum atomic E-state index is -0.544. The summed E-state index contributed by atoms with van der Waals surface area (Å²) in [6, 6.07) is 19.8. The molecule has 0 bridgehead atoms. The van der Waals surface area contributed by atoms with Gasteiger partial charge in [0.15, 0.2) is 6.61 Å².